The lowest BCUT2D eigenvalue weighted by Crippen LogP contribution is -2.38. The minimum Gasteiger partial charge on any atom is -0.0651 e. The maximum Gasteiger partial charge on any atom is -0.0295 e. The molecule has 16 rings (SSSR count). The molecule has 0 radical (unpaired) electrons. The van der Waals surface area contributed by atoms with Crippen LogP contribution in [-0.2, 0) is 0 Å². The third-order valence-electron chi connectivity index (χ3n) is 26.6. The van der Waals surface area contributed by atoms with E-state index < -0.39 is 0 Å². The van der Waals surface area contributed by atoms with Gasteiger partial charge in [0.25, 0.3) is 0 Å². The second-order valence-corrected chi connectivity index (χ2v) is 30.3. The molecule has 0 aromatic rings. The summed E-state index contributed by atoms with van der Waals surface area (Å²) in [7, 11) is 0. The van der Waals surface area contributed by atoms with Gasteiger partial charge in [0.2, 0.25) is 0 Å². The fourth-order valence-electron chi connectivity index (χ4n) is 20.2. The topological polar surface area (TPSA) is 0 Å². The van der Waals surface area contributed by atoms with Gasteiger partial charge in [-0.05, 0) is 288 Å². The van der Waals surface area contributed by atoms with Crippen molar-refractivity contribution in [2.75, 3.05) is 0 Å². The first kappa shape index (κ1) is 51.4. The summed E-state index contributed by atoms with van der Waals surface area (Å²) in [5.41, 5.74) is 2.92. The maximum atomic E-state index is 2.49. The van der Waals surface area contributed by atoms with Crippen LogP contribution in [0.4, 0.5) is 0 Å². The first-order valence-corrected chi connectivity index (χ1v) is 30.8. The Balaban J connectivity index is 0.000000103. The van der Waals surface area contributed by atoms with Gasteiger partial charge in [-0.1, -0.05) is 122 Å². The van der Waals surface area contributed by atoms with Gasteiger partial charge in [0.1, 0.15) is 0 Å². The van der Waals surface area contributed by atoms with Crippen LogP contribution in [0.2, 0.25) is 0 Å². The predicted octanol–water partition coefficient (Wildman–Crippen LogP) is 20.3. The van der Waals surface area contributed by atoms with Gasteiger partial charge >= 0.3 is 0 Å². The molecule has 0 amide bonds. The van der Waals surface area contributed by atoms with Crippen LogP contribution in [0.15, 0.2) is 0 Å². The molecule has 65 heavy (non-hydrogen) atoms. The monoisotopic (exact) mass is 897 g/mol. The van der Waals surface area contributed by atoms with Crippen molar-refractivity contribution in [3.05, 3.63) is 0 Å². The lowest BCUT2D eigenvalue weighted by atomic mass is 9.57. The summed E-state index contributed by atoms with van der Waals surface area (Å²) in [6, 6.07) is 0. The lowest BCUT2D eigenvalue weighted by molar-refractivity contribution is 0.0209. The zero-order chi connectivity index (χ0) is 46.5. The van der Waals surface area contributed by atoms with Crippen molar-refractivity contribution in [3.63, 3.8) is 0 Å². The normalized spacial score (nSPS) is 53.0. The summed E-state index contributed by atoms with van der Waals surface area (Å²) in [6.45, 7) is 31.8. The Morgan fingerprint density at radius 2 is 0.862 bits per heavy atom. The Hall–Kier alpha value is 0. The summed E-state index contributed by atoms with van der Waals surface area (Å²) >= 11 is 0. The predicted molar refractivity (Wildman–Crippen MR) is 284 cm³/mol. The van der Waals surface area contributed by atoms with Crippen molar-refractivity contribution in [2.24, 2.45) is 134 Å². The average Bonchev–Trinajstić information content (AvgIpc) is 4.16. The molecule has 376 valence electrons. The fraction of sp³-hybridized carbons (Fsp3) is 1.00. The van der Waals surface area contributed by atoms with E-state index in [4.69, 9.17) is 0 Å². The molecule has 0 N–H and O–H groups in total. The van der Waals surface area contributed by atoms with E-state index in [0.717, 1.165) is 129 Å². The molecule has 0 spiro atoms. The van der Waals surface area contributed by atoms with E-state index in [-0.39, 0.29) is 0 Å². The minimum atomic E-state index is 0.670. The van der Waals surface area contributed by atoms with Gasteiger partial charge in [0, 0.05) is 0 Å². The van der Waals surface area contributed by atoms with Crippen LogP contribution in [0.3, 0.4) is 0 Å². The van der Waals surface area contributed by atoms with Crippen molar-refractivity contribution < 1.29 is 0 Å². The summed E-state index contributed by atoms with van der Waals surface area (Å²) in [5, 5.41) is 0. The Morgan fingerprint density at radius 3 is 1.12 bits per heavy atom. The quantitative estimate of drug-likeness (QED) is 0.246. The van der Waals surface area contributed by atoms with Gasteiger partial charge in [0.15, 0.2) is 0 Å². The van der Waals surface area contributed by atoms with Crippen LogP contribution in [0.5, 0.6) is 0 Å². The van der Waals surface area contributed by atoms with Gasteiger partial charge < -0.3 is 0 Å². The summed E-state index contributed by atoms with van der Waals surface area (Å²) < 4.78 is 0. The number of rotatable bonds is 1. The molecular weight excluding hydrogens is 781 g/mol. The van der Waals surface area contributed by atoms with Crippen LogP contribution >= 0.6 is 0 Å². The van der Waals surface area contributed by atoms with Crippen molar-refractivity contribution in [2.45, 2.75) is 276 Å². The molecule has 16 aliphatic carbocycles. The van der Waals surface area contributed by atoms with Crippen LogP contribution in [0.25, 0.3) is 0 Å². The molecule has 0 nitrogen and oxygen atoms in total. The second-order valence-electron chi connectivity index (χ2n) is 30.3. The lowest BCUT2D eigenvalue weighted by Gasteiger charge is -2.49. The zero-order valence-electron chi connectivity index (χ0n) is 46.5. The summed E-state index contributed by atoms with van der Waals surface area (Å²) in [6.07, 6.45) is 44.5. The van der Waals surface area contributed by atoms with E-state index in [1.54, 1.807) is 83.5 Å². The minimum absolute atomic E-state index is 0.670. The number of hydrogen-bond acceptors (Lipinski definition) is 0. The Morgan fingerprint density at radius 1 is 0.354 bits per heavy atom. The van der Waals surface area contributed by atoms with Gasteiger partial charge in [-0.2, -0.15) is 0 Å². The van der Waals surface area contributed by atoms with E-state index in [9.17, 15) is 0 Å². The Bertz CT molecular complexity index is 1450. The molecule has 12 unspecified atom stereocenters. The van der Waals surface area contributed by atoms with E-state index in [2.05, 4.69) is 90.0 Å². The third kappa shape index (κ3) is 11.4. The molecule has 0 aliphatic heterocycles. The fourth-order valence-corrected chi connectivity index (χ4v) is 20.2. The molecule has 0 aromatic carbocycles. The Kier molecular flexibility index (Phi) is 16.6. The molecule has 0 heterocycles. The van der Waals surface area contributed by atoms with Gasteiger partial charge in [-0.15, -0.1) is 0 Å². The highest BCUT2D eigenvalue weighted by atomic mass is 14.6. The highest BCUT2D eigenvalue weighted by Crippen LogP contribution is 2.61. The highest BCUT2D eigenvalue weighted by Gasteiger charge is 2.52. The molecule has 14 bridgehead atoms. The zero-order valence-corrected chi connectivity index (χ0v) is 46.5. The highest BCUT2D eigenvalue weighted by molar-refractivity contribution is 5.02. The van der Waals surface area contributed by atoms with E-state index in [1.807, 2.05) is 0 Å². The van der Waals surface area contributed by atoms with E-state index >= 15 is 0 Å². The average molecular weight is 898 g/mol. The standard InChI is InChI=1S/3C10H18.3C9H16.C8H14/c1-7-8-4-5-9(6-8)10(7,2)3;1-7-8(2)10(3)5-4-9(7)6-10;1-8-7-9-3-5-10(8,2)6-4-9;1-7-5-8-3-4-9(7,2)6-8;1-7-6-8-2-4-9(7)5-3-8;1-2-8-5-7-3-4-9(8)6-7;1-6-4-7-2-3-8(6)5-7/h2*7-9H,4-6H2,1-3H3;8-9H,3-7H2,1-2H3;7-8H,3-6H2,1-2H3;2*7-9H,2-6H2,1H3;6-8H,2-5H2,1H3/t7-,8?,9?;7?,8-,9?,10?;8-,9?,10?;2*7-,8?,9?;;6-,7?,8?/m10000.0/s1. The van der Waals surface area contributed by atoms with Gasteiger partial charge in [-0.25, -0.2) is 0 Å². The molecule has 16 fully saturated rings. The van der Waals surface area contributed by atoms with Gasteiger partial charge in [0.05, 0.1) is 0 Å². The van der Waals surface area contributed by atoms with Crippen LogP contribution in [-0.4, -0.2) is 0 Å². The van der Waals surface area contributed by atoms with Gasteiger partial charge in [-0.3, -0.25) is 0 Å². The third-order valence-corrected chi connectivity index (χ3v) is 26.6. The molecule has 16 saturated carbocycles. The van der Waals surface area contributed by atoms with Crippen molar-refractivity contribution in [1.29, 1.82) is 0 Å². The first-order chi connectivity index (χ1) is 30.8. The largest absolute Gasteiger partial charge is 0.0651 e. The molecule has 18 atom stereocenters. The number of fused-ring (bicyclic) bond motifs is 16. The van der Waals surface area contributed by atoms with Crippen LogP contribution in [0.1, 0.15) is 276 Å². The molecule has 0 heteroatoms. The summed E-state index contributed by atoms with van der Waals surface area (Å²) in [5.74, 6) is 20.6. The number of hydrogen-bond donors (Lipinski definition) is 0. The maximum absolute atomic E-state index is 2.49. The second kappa shape index (κ2) is 21.0. The Labute approximate surface area is 408 Å². The van der Waals surface area contributed by atoms with Crippen molar-refractivity contribution >= 4 is 0 Å². The van der Waals surface area contributed by atoms with E-state index in [1.165, 1.54) is 103 Å². The SMILES string of the molecule is CC1C2CCC(C)(C2)[C@H]1C.CCC1CC2CCC1C2.C[C@@H]1C2CCC(C2)C1(C)C.C[C@H]1CC2CCC1(C)C2.C[C@H]1CC2CCC1(C)CC2.C[C@H]1CC2CCC1C2.C[C@H]1CC2CCC1CC2. The van der Waals surface area contributed by atoms with Crippen molar-refractivity contribution in [3.8, 4) is 0 Å². The smallest absolute Gasteiger partial charge is 0.0295 e. The summed E-state index contributed by atoms with van der Waals surface area (Å²) in [4.78, 5) is 0. The molecule has 0 saturated heterocycles. The molecule has 16 aliphatic rings. The van der Waals surface area contributed by atoms with E-state index in [0.29, 0.717) is 5.41 Å². The van der Waals surface area contributed by atoms with Crippen molar-refractivity contribution in [1.82, 2.24) is 0 Å². The molecular formula is C65H116. The first-order valence-electron chi connectivity index (χ1n) is 30.8. The van der Waals surface area contributed by atoms with Crippen LogP contribution < -0.4 is 0 Å². The van der Waals surface area contributed by atoms with Crippen LogP contribution in [0, 0.1) is 134 Å². The molecule has 0 aromatic heterocycles.